The van der Waals surface area contributed by atoms with E-state index in [2.05, 4.69) is 5.32 Å². The van der Waals surface area contributed by atoms with E-state index in [-0.39, 0.29) is 22.1 Å². The van der Waals surface area contributed by atoms with Crippen LogP contribution in [-0.4, -0.2) is 21.1 Å². The first kappa shape index (κ1) is 14.8. The molecule has 5 nitrogen and oxygen atoms in total. The van der Waals surface area contributed by atoms with Crippen molar-refractivity contribution in [3.63, 3.8) is 0 Å². The number of benzene rings is 2. The minimum Gasteiger partial charge on any atom is -0.507 e. The van der Waals surface area contributed by atoms with Crippen LogP contribution in [0.3, 0.4) is 0 Å². The lowest BCUT2D eigenvalue weighted by Crippen LogP contribution is -2.19. The second-order valence-electron chi connectivity index (χ2n) is 4.49. The van der Waals surface area contributed by atoms with Gasteiger partial charge in [-0.3, -0.25) is 4.79 Å². The van der Waals surface area contributed by atoms with Crippen LogP contribution in [0.2, 0.25) is 0 Å². The molecule has 0 atom stereocenters. The second kappa shape index (κ2) is 5.80. The van der Waals surface area contributed by atoms with Gasteiger partial charge >= 0.3 is 0 Å². The van der Waals surface area contributed by atoms with Crippen LogP contribution >= 0.6 is 12.2 Å². The zero-order chi connectivity index (χ0) is 15.6. The molecule has 1 amide bonds. The van der Waals surface area contributed by atoms with Gasteiger partial charge in [-0.05, 0) is 30.7 Å². The predicted octanol–water partition coefficient (Wildman–Crippen LogP) is 2.29. The molecule has 0 aliphatic heterocycles. The standard InChI is InChI=1S/C15H14N2O3S/c1-8-4-2-5-9(12(8)14(16)21)17-15(20)13-10(18)6-3-7-11(13)19/h2-7,18-19H,1H3,(H2,16,21)(H,17,20). The van der Waals surface area contributed by atoms with Crippen molar-refractivity contribution in [1.82, 2.24) is 0 Å². The normalized spacial score (nSPS) is 10.1. The smallest absolute Gasteiger partial charge is 0.263 e. The van der Waals surface area contributed by atoms with E-state index in [1.807, 2.05) is 13.0 Å². The fourth-order valence-electron chi connectivity index (χ4n) is 2.04. The molecule has 21 heavy (non-hydrogen) atoms. The van der Waals surface area contributed by atoms with E-state index in [1.54, 1.807) is 12.1 Å². The van der Waals surface area contributed by atoms with E-state index in [0.29, 0.717) is 11.3 Å². The molecule has 2 aromatic carbocycles. The number of nitrogens with two attached hydrogens (primary N) is 1. The molecule has 0 unspecified atom stereocenters. The average molecular weight is 302 g/mol. The van der Waals surface area contributed by atoms with Gasteiger partial charge in [0, 0.05) is 5.56 Å². The van der Waals surface area contributed by atoms with Gasteiger partial charge in [-0.2, -0.15) is 0 Å². The molecule has 2 rings (SSSR count). The molecule has 6 heteroatoms. The summed E-state index contributed by atoms with van der Waals surface area (Å²) in [7, 11) is 0. The summed E-state index contributed by atoms with van der Waals surface area (Å²) in [5, 5.41) is 22.0. The van der Waals surface area contributed by atoms with Crippen molar-refractivity contribution in [2.75, 3.05) is 5.32 Å². The third-order valence-electron chi connectivity index (χ3n) is 3.01. The van der Waals surface area contributed by atoms with Gasteiger partial charge < -0.3 is 21.3 Å². The molecule has 0 aliphatic carbocycles. The molecule has 2 aromatic rings. The third kappa shape index (κ3) is 2.95. The Balaban J connectivity index is 2.42. The fraction of sp³-hybridized carbons (Fsp3) is 0.0667. The molecular formula is C15H14N2O3S. The number of phenolic OH excluding ortho intramolecular Hbond substituents is 2. The van der Waals surface area contributed by atoms with E-state index in [1.165, 1.54) is 18.2 Å². The summed E-state index contributed by atoms with van der Waals surface area (Å²) in [6, 6.07) is 9.29. The maximum atomic E-state index is 12.2. The molecule has 0 saturated carbocycles. The molecule has 5 N–H and O–H groups in total. The lowest BCUT2D eigenvalue weighted by molar-refractivity contribution is 0.102. The largest absolute Gasteiger partial charge is 0.507 e. The van der Waals surface area contributed by atoms with Crippen LogP contribution in [0.4, 0.5) is 5.69 Å². The van der Waals surface area contributed by atoms with Crippen LogP contribution in [0.15, 0.2) is 36.4 Å². The molecule has 0 aromatic heterocycles. The number of carbonyl (C=O) groups excluding carboxylic acids is 1. The van der Waals surface area contributed by atoms with Crippen LogP contribution in [0, 0.1) is 6.92 Å². The predicted molar refractivity (Wildman–Crippen MR) is 84.8 cm³/mol. The first-order chi connectivity index (χ1) is 9.91. The minimum absolute atomic E-state index is 0.157. The molecule has 0 fully saturated rings. The Morgan fingerprint density at radius 3 is 2.24 bits per heavy atom. The van der Waals surface area contributed by atoms with Gasteiger partial charge in [0.1, 0.15) is 22.1 Å². The van der Waals surface area contributed by atoms with Crippen molar-refractivity contribution in [2.24, 2.45) is 5.73 Å². The number of hydrogen-bond donors (Lipinski definition) is 4. The molecule has 0 spiro atoms. The zero-order valence-electron chi connectivity index (χ0n) is 11.3. The number of nitrogens with one attached hydrogen (secondary N) is 1. The summed E-state index contributed by atoms with van der Waals surface area (Å²) in [5.74, 6) is -1.26. The summed E-state index contributed by atoms with van der Waals surface area (Å²) in [6.07, 6.45) is 0. The van der Waals surface area contributed by atoms with Crippen LogP contribution in [0.25, 0.3) is 0 Å². The Morgan fingerprint density at radius 2 is 1.67 bits per heavy atom. The van der Waals surface area contributed by atoms with Crippen molar-refractivity contribution in [2.45, 2.75) is 6.92 Å². The van der Waals surface area contributed by atoms with Gasteiger partial charge in [-0.15, -0.1) is 0 Å². The highest BCUT2D eigenvalue weighted by Crippen LogP contribution is 2.28. The molecule has 0 heterocycles. The lowest BCUT2D eigenvalue weighted by Gasteiger charge is -2.13. The van der Waals surface area contributed by atoms with Gasteiger partial charge in [0.2, 0.25) is 0 Å². The van der Waals surface area contributed by atoms with E-state index in [4.69, 9.17) is 18.0 Å². The van der Waals surface area contributed by atoms with E-state index in [0.717, 1.165) is 5.56 Å². The lowest BCUT2D eigenvalue weighted by atomic mass is 10.1. The Hall–Kier alpha value is -2.60. The summed E-state index contributed by atoms with van der Waals surface area (Å²) in [5.41, 5.74) is 7.27. The third-order valence-corrected chi connectivity index (χ3v) is 3.22. The topological polar surface area (TPSA) is 95.6 Å². The van der Waals surface area contributed by atoms with Crippen molar-refractivity contribution in [3.05, 3.63) is 53.1 Å². The van der Waals surface area contributed by atoms with Crippen molar-refractivity contribution >= 4 is 28.8 Å². The summed E-state index contributed by atoms with van der Waals surface area (Å²) >= 11 is 4.99. The van der Waals surface area contributed by atoms with E-state index >= 15 is 0 Å². The molecule has 0 saturated heterocycles. The highest BCUT2D eigenvalue weighted by atomic mass is 32.1. The summed E-state index contributed by atoms with van der Waals surface area (Å²) in [4.78, 5) is 12.4. The van der Waals surface area contributed by atoms with Gasteiger partial charge in [0.15, 0.2) is 0 Å². The first-order valence-electron chi connectivity index (χ1n) is 6.13. The number of anilines is 1. The Kier molecular flexibility index (Phi) is 4.09. The van der Waals surface area contributed by atoms with Gasteiger partial charge in [0.05, 0.1) is 5.69 Å². The maximum Gasteiger partial charge on any atom is 0.263 e. The molecule has 0 radical (unpaired) electrons. The summed E-state index contributed by atoms with van der Waals surface area (Å²) < 4.78 is 0. The number of carbonyl (C=O) groups is 1. The highest BCUT2D eigenvalue weighted by molar-refractivity contribution is 7.80. The van der Waals surface area contributed by atoms with E-state index in [9.17, 15) is 15.0 Å². The fourth-order valence-corrected chi connectivity index (χ4v) is 2.32. The van der Waals surface area contributed by atoms with Gasteiger partial charge in [0.25, 0.3) is 5.91 Å². The Labute approximate surface area is 127 Å². The highest BCUT2D eigenvalue weighted by Gasteiger charge is 2.18. The molecule has 0 bridgehead atoms. The monoisotopic (exact) mass is 302 g/mol. The zero-order valence-corrected chi connectivity index (χ0v) is 12.1. The van der Waals surface area contributed by atoms with Crippen molar-refractivity contribution < 1.29 is 15.0 Å². The number of phenols is 2. The summed E-state index contributed by atoms with van der Waals surface area (Å²) in [6.45, 7) is 1.82. The van der Waals surface area contributed by atoms with Crippen LogP contribution in [0.1, 0.15) is 21.5 Å². The van der Waals surface area contributed by atoms with Crippen LogP contribution in [0.5, 0.6) is 11.5 Å². The van der Waals surface area contributed by atoms with Gasteiger partial charge in [-0.25, -0.2) is 0 Å². The molecule has 108 valence electrons. The quantitative estimate of drug-likeness (QED) is 0.652. The average Bonchev–Trinajstić information content (AvgIpc) is 2.37. The Morgan fingerprint density at radius 1 is 1.10 bits per heavy atom. The minimum atomic E-state index is -0.645. The maximum absolute atomic E-state index is 12.2. The number of aromatic hydroxyl groups is 2. The number of hydrogen-bond acceptors (Lipinski definition) is 4. The van der Waals surface area contributed by atoms with Crippen molar-refractivity contribution in [1.29, 1.82) is 0 Å². The van der Waals surface area contributed by atoms with E-state index < -0.39 is 5.91 Å². The SMILES string of the molecule is Cc1cccc(NC(=O)c2c(O)cccc2O)c1C(N)=S. The number of amides is 1. The number of rotatable bonds is 3. The Bertz CT molecular complexity index is 709. The second-order valence-corrected chi connectivity index (χ2v) is 4.93. The number of thiocarbonyl (C=S) groups is 1. The van der Waals surface area contributed by atoms with Crippen LogP contribution in [-0.2, 0) is 0 Å². The first-order valence-corrected chi connectivity index (χ1v) is 6.54. The molecule has 0 aliphatic rings. The number of aryl methyl sites for hydroxylation is 1. The van der Waals surface area contributed by atoms with Crippen LogP contribution < -0.4 is 11.1 Å². The van der Waals surface area contributed by atoms with Gasteiger partial charge in [-0.1, -0.05) is 30.4 Å². The molecular weight excluding hydrogens is 288 g/mol. The van der Waals surface area contributed by atoms with Crippen molar-refractivity contribution in [3.8, 4) is 11.5 Å².